The molecule has 1 amide bonds. The van der Waals surface area contributed by atoms with Crippen LogP contribution in [-0.4, -0.2) is 72.8 Å². The fraction of sp³-hybridized carbons (Fsp3) is 0.412. The Morgan fingerprint density at radius 2 is 1.96 bits per heavy atom. The molecule has 4 rings (SSSR count). The van der Waals surface area contributed by atoms with Crippen LogP contribution in [0.2, 0.25) is 0 Å². The Hall–Kier alpha value is -1.99. The van der Waals surface area contributed by atoms with Crippen molar-refractivity contribution in [3.8, 4) is 0 Å². The van der Waals surface area contributed by atoms with Gasteiger partial charge in [-0.15, -0.1) is 0 Å². The number of piperazine rings is 1. The van der Waals surface area contributed by atoms with E-state index < -0.39 is 9.84 Å². The molecule has 1 aromatic carbocycles. The van der Waals surface area contributed by atoms with Gasteiger partial charge in [0.25, 0.3) is 5.91 Å². The van der Waals surface area contributed by atoms with Crippen LogP contribution >= 0.6 is 0 Å². The van der Waals surface area contributed by atoms with Crippen LogP contribution in [-0.2, 0) is 9.84 Å². The molecule has 2 fully saturated rings. The number of carbonyl (C=O) groups is 1. The van der Waals surface area contributed by atoms with E-state index in [2.05, 4.69) is 9.88 Å². The van der Waals surface area contributed by atoms with Crippen LogP contribution in [0, 0.1) is 0 Å². The van der Waals surface area contributed by atoms with Crippen LogP contribution in [0.4, 0.5) is 0 Å². The van der Waals surface area contributed by atoms with E-state index in [0.29, 0.717) is 18.7 Å². The first kappa shape index (κ1) is 15.5. The van der Waals surface area contributed by atoms with Crippen LogP contribution in [0.25, 0.3) is 10.9 Å². The second kappa shape index (κ2) is 5.53. The molecule has 2 aliphatic rings. The Morgan fingerprint density at radius 3 is 2.79 bits per heavy atom. The van der Waals surface area contributed by atoms with E-state index in [1.807, 2.05) is 31.3 Å². The van der Waals surface area contributed by atoms with Gasteiger partial charge >= 0.3 is 0 Å². The topological polar surface area (TPSA) is 70.6 Å². The number of amides is 1. The lowest BCUT2D eigenvalue weighted by molar-refractivity contribution is 0.0410. The summed E-state index contributed by atoms with van der Waals surface area (Å²) in [4.78, 5) is 21.1. The summed E-state index contributed by atoms with van der Waals surface area (Å²) in [5.74, 6) is 0.101. The van der Waals surface area contributed by atoms with E-state index in [1.165, 1.54) is 0 Å². The van der Waals surface area contributed by atoms with Crippen molar-refractivity contribution in [3.63, 3.8) is 0 Å². The lowest BCUT2D eigenvalue weighted by Crippen LogP contribution is -2.59. The monoisotopic (exact) mass is 345 g/mol. The molecule has 6 nitrogen and oxygen atoms in total. The molecule has 126 valence electrons. The number of hydrogen-bond donors (Lipinski definition) is 0. The minimum absolute atomic E-state index is 0.0584. The molecule has 0 aliphatic carbocycles. The SMILES string of the molecule is CN1CCN(C(=O)c2ccc3ncccc3c2)[C@H]2CS(=O)(=O)C[C@H]21. The summed E-state index contributed by atoms with van der Waals surface area (Å²) >= 11 is 0. The van der Waals surface area contributed by atoms with Gasteiger partial charge in [-0.1, -0.05) is 6.07 Å². The second-order valence-electron chi connectivity index (χ2n) is 6.60. The quantitative estimate of drug-likeness (QED) is 0.764. The molecule has 2 atom stereocenters. The van der Waals surface area contributed by atoms with Crippen molar-refractivity contribution in [1.82, 2.24) is 14.8 Å². The fourth-order valence-corrected chi connectivity index (χ4v) is 5.81. The largest absolute Gasteiger partial charge is 0.332 e. The lowest BCUT2D eigenvalue weighted by atomic mass is 10.0. The van der Waals surface area contributed by atoms with E-state index in [4.69, 9.17) is 0 Å². The van der Waals surface area contributed by atoms with Crippen molar-refractivity contribution >= 4 is 26.6 Å². The molecule has 2 saturated heterocycles. The van der Waals surface area contributed by atoms with E-state index in [9.17, 15) is 13.2 Å². The molecule has 24 heavy (non-hydrogen) atoms. The summed E-state index contributed by atoms with van der Waals surface area (Å²) in [5, 5.41) is 0.910. The van der Waals surface area contributed by atoms with Gasteiger partial charge in [0, 0.05) is 36.3 Å². The molecule has 0 saturated carbocycles. The lowest BCUT2D eigenvalue weighted by Gasteiger charge is -2.42. The maximum atomic E-state index is 13.0. The van der Waals surface area contributed by atoms with Crippen LogP contribution in [0.3, 0.4) is 0 Å². The van der Waals surface area contributed by atoms with Crippen molar-refractivity contribution in [1.29, 1.82) is 0 Å². The summed E-state index contributed by atoms with van der Waals surface area (Å²) in [6.07, 6.45) is 1.72. The first-order valence-electron chi connectivity index (χ1n) is 8.01. The average Bonchev–Trinajstić information content (AvgIpc) is 2.90. The summed E-state index contributed by atoms with van der Waals surface area (Å²) in [6, 6.07) is 8.84. The van der Waals surface area contributed by atoms with Gasteiger partial charge in [-0.3, -0.25) is 14.7 Å². The zero-order valence-corrected chi connectivity index (χ0v) is 14.2. The van der Waals surface area contributed by atoms with E-state index in [0.717, 1.165) is 10.9 Å². The molecule has 0 bridgehead atoms. The maximum absolute atomic E-state index is 13.0. The van der Waals surface area contributed by atoms with Crippen LogP contribution in [0.5, 0.6) is 0 Å². The Kier molecular flexibility index (Phi) is 3.58. The highest BCUT2D eigenvalue weighted by Gasteiger charge is 2.47. The Morgan fingerprint density at radius 1 is 1.17 bits per heavy atom. The van der Waals surface area contributed by atoms with Gasteiger partial charge in [0.2, 0.25) is 0 Å². The number of hydrogen-bond acceptors (Lipinski definition) is 5. The van der Waals surface area contributed by atoms with Gasteiger partial charge in [0.1, 0.15) is 0 Å². The molecular weight excluding hydrogens is 326 g/mol. The number of likely N-dealkylation sites (N-methyl/N-ethyl adjacent to an activating group) is 1. The number of nitrogens with zero attached hydrogens (tertiary/aromatic N) is 3. The second-order valence-corrected chi connectivity index (χ2v) is 8.76. The summed E-state index contributed by atoms with van der Waals surface area (Å²) in [5.41, 5.74) is 1.43. The van der Waals surface area contributed by atoms with Gasteiger partial charge < -0.3 is 4.90 Å². The third-order valence-corrected chi connectivity index (χ3v) is 6.76. The zero-order chi connectivity index (χ0) is 16.9. The summed E-state index contributed by atoms with van der Waals surface area (Å²) in [7, 11) is -1.16. The number of rotatable bonds is 1. The molecule has 0 unspecified atom stereocenters. The third-order valence-electron chi connectivity index (χ3n) is 5.06. The van der Waals surface area contributed by atoms with E-state index in [1.54, 1.807) is 17.2 Å². The predicted octanol–water partition coefficient (Wildman–Crippen LogP) is 0.788. The number of aromatic nitrogens is 1. The fourth-order valence-electron chi connectivity index (χ4n) is 3.75. The molecule has 0 spiro atoms. The van der Waals surface area contributed by atoms with Gasteiger partial charge in [-0.25, -0.2) is 8.42 Å². The average molecular weight is 345 g/mol. The first-order chi connectivity index (χ1) is 11.4. The van der Waals surface area contributed by atoms with Crippen molar-refractivity contribution < 1.29 is 13.2 Å². The van der Waals surface area contributed by atoms with Gasteiger partial charge in [0.15, 0.2) is 9.84 Å². The molecule has 1 aromatic heterocycles. The zero-order valence-electron chi connectivity index (χ0n) is 13.4. The summed E-state index contributed by atoms with van der Waals surface area (Å²) in [6.45, 7) is 1.24. The minimum atomic E-state index is -3.09. The van der Waals surface area contributed by atoms with Crippen molar-refractivity contribution in [2.24, 2.45) is 0 Å². The van der Waals surface area contributed by atoms with Crippen LogP contribution in [0.15, 0.2) is 36.5 Å². The number of carbonyl (C=O) groups excluding carboxylic acids is 1. The molecule has 0 radical (unpaired) electrons. The highest BCUT2D eigenvalue weighted by atomic mass is 32.2. The van der Waals surface area contributed by atoms with Crippen molar-refractivity contribution in [2.75, 3.05) is 31.6 Å². The van der Waals surface area contributed by atoms with Gasteiger partial charge in [0.05, 0.1) is 23.1 Å². The summed E-state index contributed by atoms with van der Waals surface area (Å²) < 4.78 is 24.1. The minimum Gasteiger partial charge on any atom is -0.332 e. The molecular formula is C17H19N3O3S. The van der Waals surface area contributed by atoms with Gasteiger partial charge in [-0.2, -0.15) is 0 Å². The Labute approximate surface area is 141 Å². The molecule has 3 heterocycles. The van der Waals surface area contributed by atoms with Crippen molar-refractivity contribution in [3.05, 3.63) is 42.1 Å². The molecule has 2 aromatic rings. The standard InChI is InChI=1S/C17H19N3O3S/c1-19-7-8-20(16-11-24(22,23)10-15(16)19)17(21)13-4-5-14-12(9-13)3-2-6-18-14/h2-6,9,15-16H,7-8,10-11H2,1H3/t15-,16+/m1/s1. The number of sulfone groups is 1. The normalized spacial score (nSPS) is 26.5. The van der Waals surface area contributed by atoms with Crippen molar-refractivity contribution in [2.45, 2.75) is 12.1 Å². The van der Waals surface area contributed by atoms with E-state index >= 15 is 0 Å². The van der Waals surface area contributed by atoms with Crippen LogP contribution < -0.4 is 0 Å². The Balaban J connectivity index is 1.67. The smallest absolute Gasteiger partial charge is 0.254 e. The number of fused-ring (bicyclic) bond motifs is 2. The highest BCUT2D eigenvalue weighted by molar-refractivity contribution is 7.91. The Bertz CT molecular complexity index is 912. The predicted molar refractivity (Wildman–Crippen MR) is 91.6 cm³/mol. The highest BCUT2D eigenvalue weighted by Crippen LogP contribution is 2.27. The van der Waals surface area contributed by atoms with E-state index in [-0.39, 0.29) is 29.5 Å². The maximum Gasteiger partial charge on any atom is 0.254 e. The van der Waals surface area contributed by atoms with Gasteiger partial charge in [-0.05, 0) is 31.3 Å². The number of benzene rings is 1. The third kappa shape index (κ3) is 2.57. The molecule has 0 N–H and O–H groups in total. The molecule has 2 aliphatic heterocycles. The molecule has 7 heteroatoms. The first-order valence-corrected chi connectivity index (χ1v) is 9.83. The number of pyridine rings is 1. The van der Waals surface area contributed by atoms with Crippen LogP contribution in [0.1, 0.15) is 10.4 Å².